The molecule has 0 spiro atoms. The Balaban J connectivity index is 2.15. The molecule has 160 valence electrons. The third kappa shape index (κ3) is 4.55. The number of fused-ring (bicyclic) bond motifs is 1. The number of hydrogen-bond donors (Lipinski definition) is 0. The van der Waals surface area contributed by atoms with Crippen LogP contribution < -0.4 is 9.47 Å². The van der Waals surface area contributed by atoms with Crippen LogP contribution in [0.15, 0.2) is 54.3 Å². The highest BCUT2D eigenvalue weighted by Crippen LogP contribution is 2.42. The van der Waals surface area contributed by atoms with E-state index < -0.39 is 12.1 Å². The first-order chi connectivity index (χ1) is 14.9. The van der Waals surface area contributed by atoms with Crippen molar-refractivity contribution in [2.45, 2.75) is 26.4 Å². The molecular formula is C24H23NO6. The molecule has 31 heavy (non-hydrogen) atoms. The Labute approximate surface area is 180 Å². The van der Waals surface area contributed by atoms with Crippen LogP contribution in [-0.2, 0) is 4.74 Å². The van der Waals surface area contributed by atoms with Crippen molar-refractivity contribution in [2.24, 2.45) is 0 Å². The van der Waals surface area contributed by atoms with E-state index in [2.05, 4.69) is 4.98 Å². The van der Waals surface area contributed by atoms with Gasteiger partial charge in [0.1, 0.15) is 23.3 Å². The average Bonchev–Trinajstić information content (AvgIpc) is 2.78. The number of nitrogens with zero attached hydrogens (tertiary/aromatic N) is 1. The molecule has 1 aromatic carbocycles. The van der Waals surface area contributed by atoms with Gasteiger partial charge >= 0.3 is 5.97 Å². The molecule has 0 saturated heterocycles. The minimum atomic E-state index is -0.799. The Bertz CT molecular complexity index is 1080. The van der Waals surface area contributed by atoms with E-state index in [1.165, 1.54) is 32.6 Å². The first kappa shape index (κ1) is 22.0. The summed E-state index contributed by atoms with van der Waals surface area (Å²) in [5.41, 5.74) is 1.84. The summed E-state index contributed by atoms with van der Waals surface area (Å²) in [7, 11) is 2.81. The monoisotopic (exact) mass is 421 g/mol. The highest BCUT2D eigenvalue weighted by molar-refractivity contribution is 6.24. The minimum absolute atomic E-state index is 0.0976. The second kappa shape index (κ2) is 9.38. The van der Waals surface area contributed by atoms with Crippen molar-refractivity contribution in [1.82, 2.24) is 4.98 Å². The number of methoxy groups -OCH3 is 2. The lowest BCUT2D eigenvalue weighted by Gasteiger charge is -2.24. The molecule has 1 heterocycles. The summed E-state index contributed by atoms with van der Waals surface area (Å²) in [5, 5.41) is 0. The van der Waals surface area contributed by atoms with Gasteiger partial charge in [0, 0.05) is 18.2 Å². The highest BCUT2D eigenvalue weighted by Gasteiger charge is 2.33. The van der Waals surface area contributed by atoms with E-state index in [1.54, 1.807) is 24.3 Å². The topological polar surface area (TPSA) is 91.8 Å². The molecule has 0 N–H and O–H groups in total. The first-order valence-electron chi connectivity index (χ1n) is 9.68. The number of carbonyl (C=O) groups is 3. The van der Waals surface area contributed by atoms with Crippen molar-refractivity contribution in [3.63, 3.8) is 0 Å². The Hall–Kier alpha value is -3.74. The van der Waals surface area contributed by atoms with Gasteiger partial charge in [-0.25, -0.2) is 9.78 Å². The van der Waals surface area contributed by atoms with E-state index in [-0.39, 0.29) is 39.9 Å². The van der Waals surface area contributed by atoms with Gasteiger partial charge in [-0.15, -0.1) is 0 Å². The number of hydrogen-bond acceptors (Lipinski definition) is 7. The quantitative estimate of drug-likeness (QED) is 0.486. The molecule has 0 aliphatic heterocycles. The molecule has 7 nitrogen and oxygen atoms in total. The summed E-state index contributed by atoms with van der Waals surface area (Å²) < 4.78 is 16.7. The zero-order chi connectivity index (χ0) is 22.5. The number of esters is 1. The normalized spacial score (nSPS) is 13.3. The summed E-state index contributed by atoms with van der Waals surface area (Å²) in [6.45, 7) is 3.85. The van der Waals surface area contributed by atoms with Gasteiger partial charge in [-0.1, -0.05) is 17.7 Å². The number of aromatic nitrogens is 1. The van der Waals surface area contributed by atoms with E-state index in [4.69, 9.17) is 14.2 Å². The lowest BCUT2D eigenvalue weighted by molar-refractivity contribution is 0.0290. The van der Waals surface area contributed by atoms with Crippen LogP contribution in [0.3, 0.4) is 0 Å². The van der Waals surface area contributed by atoms with Gasteiger partial charge in [-0.2, -0.15) is 0 Å². The predicted molar refractivity (Wildman–Crippen MR) is 114 cm³/mol. The molecule has 1 atom stereocenters. The summed E-state index contributed by atoms with van der Waals surface area (Å²) in [6, 6.07) is 6.52. The summed E-state index contributed by atoms with van der Waals surface area (Å²) in [4.78, 5) is 41.9. The zero-order valence-electron chi connectivity index (χ0n) is 17.8. The van der Waals surface area contributed by atoms with Gasteiger partial charge < -0.3 is 14.2 Å². The fourth-order valence-corrected chi connectivity index (χ4v) is 3.33. The molecule has 1 aromatic heterocycles. The molecule has 0 amide bonds. The van der Waals surface area contributed by atoms with E-state index in [1.807, 2.05) is 19.9 Å². The van der Waals surface area contributed by atoms with Crippen LogP contribution in [0.1, 0.15) is 63.1 Å². The van der Waals surface area contributed by atoms with Crippen molar-refractivity contribution < 1.29 is 28.6 Å². The van der Waals surface area contributed by atoms with Gasteiger partial charge in [0.05, 0.1) is 25.3 Å². The number of benzene rings is 1. The number of allylic oxidation sites excluding steroid dienone is 3. The van der Waals surface area contributed by atoms with Gasteiger partial charge in [0.25, 0.3) is 0 Å². The van der Waals surface area contributed by atoms with Gasteiger partial charge in [0.2, 0.25) is 0 Å². The average molecular weight is 421 g/mol. The third-order valence-corrected chi connectivity index (χ3v) is 4.79. The third-order valence-electron chi connectivity index (χ3n) is 4.79. The maximum Gasteiger partial charge on any atom is 0.357 e. The van der Waals surface area contributed by atoms with Crippen molar-refractivity contribution >= 4 is 17.5 Å². The van der Waals surface area contributed by atoms with E-state index in [0.29, 0.717) is 12.0 Å². The van der Waals surface area contributed by atoms with Crippen molar-refractivity contribution in [3.8, 4) is 11.5 Å². The molecule has 0 saturated carbocycles. The standard InChI is InChI=1S/C24H23NO6/c1-14(2)8-11-19(31-24(28)16-7-5-6-12-25-16)15-13-20(29-3)21-17(26)9-10-18(27)22(21)23(15)30-4/h5-10,12-13,19H,11H2,1-4H3. The van der Waals surface area contributed by atoms with Crippen LogP contribution in [0.4, 0.5) is 0 Å². The fourth-order valence-electron chi connectivity index (χ4n) is 3.33. The van der Waals surface area contributed by atoms with Crippen molar-refractivity contribution in [2.75, 3.05) is 14.2 Å². The summed E-state index contributed by atoms with van der Waals surface area (Å²) in [6.07, 6.45) is 5.34. The van der Waals surface area contributed by atoms with Gasteiger partial charge in [-0.3, -0.25) is 9.59 Å². The van der Waals surface area contributed by atoms with Crippen LogP contribution >= 0.6 is 0 Å². The summed E-state index contributed by atoms with van der Waals surface area (Å²) >= 11 is 0. The molecule has 7 heteroatoms. The Kier molecular flexibility index (Phi) is 6.65. The number of pyridine rings is 1. The zero-order valence-corrected chi connectivity index (χ0v) is 17.8. The molecule has 0 radical (unpaired) electrons. The molecule has 1 unspecified atom stereocenters. The lowest BCUT2D eigenvalue weighted by Crippen LogP contribution is -2.19. The van der Waals surface area contributed by atoms with Crippen LogP contribution in [0.2, 0.25) is 0 Å². The molecule has 0 fully saturated rings. The van der Waals surface area contributed by atoms with Crippen LogP contribution in [0, 0.1) is 0 Å². The Morgan fingerprint density at radius 2 is 1.77 bits per heavy atom. The Morgan fingerprint density at radius 3 is 2.35 bits per heavy atom. The smallest absolute Gasteiger partial charge is 0.357 e. The van der Waals surface area contributed by atoms with Crippen LogP contribution in [0.5, 0.6) is 11.5 Å². The molecule has 3 rings (SSSR count). The van der Waals surface area contributed by atoms with E-state index in [9.17, 15) is 14.4 Å². The number of carbonyl (C=O) groups excluding carboxylic acids is 3. The molecule has 0 bridgehead atoms. The molecular weight excluding hydrogens is 398 g/mol. The lowest BCUT2D eigenvalue weighted by atomic mass is 9.88. The number of ketones is 2. The first-order valence-corrected chi connectivity index (χ1v) is 9.68. The second-order valence-corrected chi connectivity index (χ2v) is 7.14. The summed E-state index contributed by atoms with van der Waals surface area (Å²) in [5.74, 6) is -0.968. The largest absolute Gasteiger partial charge is 0.496 e. The molecule has 1 aliphatic carbocycles. The van der Waals surface area contributed by atoms with Crippen LogP contribution in [0.25, 0.3) is 0 Å². The predicted octanol–water partition coefficient (Wildman–Crippen LogP) is 4.29. The second-order valence-electron chi connectivity index (χ2n) is 7.14. The SMILES string of the molecule is COc1cc(C(CC=C(C)C)OC(=O)c2ccccn2)c(OC)c2c1C(=O)C=CC2=O. The fraction of sp³-hybridized carbons (Fsp3) is 0.250. The maximum atomic E-state index is 12.7. The van der Waals surface area contributed by atoms with Crippen LogP contribution in [-0.4, -0.2) is 36.7 Å². The Morgan fingerprint density at radius 1 is 1.06 bits per heavy atom. The van der Waals surface area contributed by atoms with Gasteiger partial charge in [-0.05, 0) is 44.2 Å². The minimum Gasteiger partial charge on any atom is -0.496 e. The van der Waals surface area contributed by atoms with Crippen molar-refractivity contribution in [3.05, 3.63) is 76.6 Å². The van der Waals surface area contributed by atoms with E-state index >= 15 is 0 Å². The molecule has 2 aromatic rings. The van der Waals surface area contributed by atoms with Crippen molar-refractivity contribution in [1.29, 1.82) is 0 Å². The number of rotatable bonds is 7. The number of ether oxygens (including phenoxy) is 3. The maximum absolute atomic E-state index is 12.7. The molecule has 1 aliphatic rings. The highest BCUT2D eigenvalue weighted by atomic mass is 16.5. The van der Waals surface area contributed by atoms with Gasteiger partial charge in [0.15, 0.2) is 11.6 Å². The van der Waals surface area contributed by atoms with E-state index in [0.717, 1.165) is 5.57 Å².